The van der Waals surface area contributed by atoms with Gasteiger partial charge >= 0.3 is 0 Å². The Balaban J connectivity index is 2.08. The number of hydrogen-bond acceptors (Lipinski definition) is 2. The predicted molar refractivity (Wildman–Crippen MR) is 84.6 cm³/mol. The molecule has 0 fully saturated rings. The van der Waals surface area contributed by atoms with Crippen molar-refractivity contribution in [1.82, 2.24) is 9.55 Å². The van der Waals surface area contributed by atoms with Gasteiger partial charge < -0.3 is 9.30 Å². The van der Waals surface area contributed by atoms with E-state index in [1.165, 1.54) is 0 Å². The maximum atomic E-state index is 6.29. The largest absolute Gasteiger partial charge is 0.379 e. The maximum Gasteiger partial charge on any atom is 0.124 e. The van der Waals surface area contributed by atoms with Crippen molar-refractivity contribution in [3.63, 3.8) is 0 Å². The van der Waals surface area contributed by atoms with E-state index < -0.39 is 0 Å². The SMILES string of the molecule is CC(C)OCCCCn1c(CCl)nc2cccc(Cl)c21. The highest BCUT2D eigenvalue weighted by atomic mass is 35.5. The number of rotatable bonds is 7. The zero-order valence-corrected chi connectivity index (χ0v) is 13.4. The number of aromatic nitrogens is 2. The lowest BCUT2D eigenvalue weighted by Gasteiger charge is -2.10. The van der Waals surface area contributed by atoms with Gasteiger partial charge in [0.25, 0.3) is 0 Å². The third-order valence-electron chi connectivity index (χ3n) is 3.14. The molecule has 0 radical (unpaired) electrons. The molecule has 2 rings (SSSR count). The highest BCUT2D eigenvalue weighted by Crippen LogP contribution is 2.25. The minimum absolute atomic E-state index is 0.289. The summed E-state index contributed by atoms with van der Waals surface area (Å²) in [7, 11) is 0. The van der Waals surface area contributed by atoms with Gasteiger partial charge in [-0.25, -0.2) is 4.98 Å². The molecule has 0 N–H and O–H groups in total. The number of para-hydroxylation sites is 1. The highest BCUT2D eigenvalue weighted by Gasteiger charge is 2.12. The first-order valence-corrected chi connectivity index (χ1v) is 7.86. The molecule has 110 valence electrons. The van der Waals surface area contributed by atoms with Gasteiger partial charge in [0.2, 0.25) is 0 Å². The molecule has 1 heterocycles. The molecule has 0 bridgehead atoms. The number of unbranched alkanes of at least 4 members (excludes halogenated alkanes) is 1. The van der Waals surface area contributed by atoms with E-state index in [2.05, 4.69) is 23.4 Å². The van der Waals surface area contributed by atoms with Crippen molar-refractivity contribution in [2.75, 3.05) is 6.61 Å². The molecule has 0 amide bonds. The fraction of sp³-hybridized carbons (Fsp3) is 0.533. The van der Waals surface area contributed by atoms with Crippen molar-refractivity contribution >= 4 is 34.2 Å². The lowest BCUT2D eigenvalue weighted by molar-refractivity contribution is 0.0754. The van der Waals surface area contributed by atoms with Crippen LogP contribution in [0, 0.1) is 0 Å². The highest BCUT2D eigenvalue weighted by molar-refractivity contribution is 6.35. The molecule has 3 nitrogen and oxygen atoms in total. The number of ether oxygens (including phenoxy) is 1. The van der Waals surface area contributed by atoms with E-state index in [9.17, 15) is 0 Å². The van der Waals surface area contributed by atoms with Crippen LogP contribution in [-0.2, 0) is 17.2 Å². The number of imidazole rings is 1. The molecule has 5 heteroatoms. The van der Waals surface area contributed by atoms with Crippen LogP contribution in [0.5, 0.6) is 0 Å². The molecule has 0 atom stereocenters. The fourth-order valence-electron chi connectivity index (χ4n) is 2.22. The molecular weight excluding hydrogens is 295 g/mol. The van der Waals surface area contributed by atoms with Crippen LogP contribution in [0.2, 0.25) is 5.02 Å². The van der Waals surface area contributed by atoms with Gasteiger partial charge in [0.15, 0.2) is 0 Å². The van der Waals surface area contributed by atoms with E-state index in [1.807, 2.05) is 18.2 Å². The second-order valence-electron chi connectivity index (χ2n) is 5.05. The van der Waals surface area contributed by atoms with Crippen LogP contribution in [0.25, 0.3) is 11.0 Å². The topological polar surface area (TPSA) is 27.1 Å². The molecule has 0 aliphatic carbocycles. The lowest BCUT2D eigenvalue weighted by Crippen LogP contribution is -2.07. The molecular formula is C15H20Cl2N2O. The zero-order chi connectivity index (χ0) is 14.5. The Labute approximate surface area is 129 Å². The molecule has 1 aromatic carbocycles. The Hall–Kier alpha value is -0.770. The summed E-state index contributed by atoms with van der Waals surface area (Å²) in [6.07, 6.45) is 2.33. The summed E-state index contributed by atoms with van der Waals surface area (Å²) in [5, 5.41) is 0.727. The summed E-state index contributed by atoms with van der Waals surface area (Å²) >= 11 is 12.3. The van der Waals surface area contributed by atoms with Crippen molar-refractivity contribution in [2.45, 2.75) is 45.2 Å². The summed E-state index contributed by atoms with van der Waals surface area (Å²) in [6, 6.07) is 5.77. The number of benzene rings is 1. The average molecular weight is 315 g/mol. The molecule has 0 spiro atoms. The van der Waals surface area contributed by atoms with E-state index in [4.69, 9.17) is 27.9 Å². The second-order valence-corrected chi connectivity index (χ2v) is 5.72. The van der Waals surface area contributed by atoms with Gasteiger partial charge in [-0.3, -0.25) is 0 Å². The molecule has 1 aromatic heterocycles. The van der Waals surface area contributed by atoms with E-state index in [1.54, 1.807) is 0 Å². The van der Waals surface area contributed by atoms with Crippen molar-refractivity contribution in [1.29, 1.82) is 0 Å². The monoisotopic (exact) mass is 314 g/mol. The second kappa shape index (κ2) is 7.30. The molecule has 2 aromatic rings. The summed E-state index contributed by atoms with van der Waals surface area (Å²) in [5.41, 5.74) is 1.89. The number of fused-ring (bicyclic) bond motifs is 1. The van der Waals surface area contributed by atoms with Gasteiger partial charge in [-0.2, -0.15) is 0 Å². The predicted octanol–water partition coefficient (Wildman–Crippen LogP) is 4.63. The number of alkyl halides is 1. The number of hydrogen-bond donors (Lipinski definition) is 0. The Morgan fingerprint density at radius 3 is 2.80 bits per heavy atom. The van der Waals surface area contributed by atoms with Crippen LogP contribution in [0.3, 0.4) is 0 Å². The van der Waals surface area contributed by atoms with Crippen LogP contribution in [0.1, 0.15) is 32.5 Å². The lowest BCUT2D eigenvalue weighted by atomic mass is 10.3. The third-order valence-corrected chi connectivity index (χ3v) is 3.69. The molecule has 0 saturated heterocycles. The van der Waals surface area contributed by atoms with E-state index in [0.29, 0.717) is 5.88 Å². The summed E-state index contributed by atoms with van der Waals surface area (Å²) in [4.78, 5) is 4.53. The maximum absolute atomic E-state index is 6.29. The standard InChI is InChI=1S/C15H20Cl2N2O/c1-11(2)20-9-4-3-8-19-14(10-16)18-13-7-5-6-12(17)15(13)19/h5-7,11H,3-4,8-10H2,1-2H3. The minimum Gasteiger partial charge on any atom is -0.379 e. The Kier molecular flexibility index (Phi) is 5.70. The Morgan fingerprint density at radius 2 is 2.10 bits per heavy atom. The van der Waals surface area contributed by atoms with E-state index in [-0.39, 0.29) is 6.10 Å². The van der Waals surface area contributed by atoms with Crippen molar-refractivity contribution in [2.24, 2.45) is 0 Å². The minimum atomic E-state index is 0.289. The molecule has 0 aliphatic rings. The van der Waals surface area contributed by atoms with Crippen molar-refractivity contribution < 1.29 is 4.74 Å². The molecule has 0 aliphatic heterocycles. The third kappa shape index (κ3) is 3.66. The van der Waals surface area contributed by atoms with E-state index in [0.717, 1.165) is 47.9 Å². The van der Waals surface area contributed by atoms with Crippen LogP contribution in [-0.4, -0.2) is 22.3 Å². The van der Waals surface area contributed by atoms with Gasteiger partial charge in [-0.1, -0.05) is 17.7 Å². The zero-order valence-electron chi connectivity index (χ0n) is 11.9. The number of halogens is 2. The van der Waals surface area contributed by atoms with Gasteiger partial charge in [-0.15, -0.1) is 11.6 Å². The summed E-state index contributed by atoms with van der Waals surface area (Å²) in [5.74, 6) is 1.27. The molecule has 20 heavy (non-hydrogen) atoms. The average Bonchev–Trinajstić information content (AvgIpc) is 2.77. The summed E-state index contributed by atoms with van der Waals surface area (Å²) < 4.78 is 7.68. The smallest absolute Gasteiger partial charge is 0.124 e. The first-order valence-electron chi connectivity index (χ1n) is 6.94. The number of nitrogens with zero attached hydrogens (tertiary/aromatic N) is 2. The van der Waals surface area contributed by atoms with Gasteiger partial charge in [0.05, 0.1) is 28.0 Å². The van der Waals surface area contributed by atoms with Crippen LogP contribution in [0.15, 0.2) is 18.2 Å². The Bertz CT molecular complexity index is 566. The quantitative estimate of drug-likeness (QED) is 0.550. The van der Waals surface area contributed by atoms with Gasteiger partial charge in [0, 0.05) is 13.2 Å². The first kappa shape index (κ1) is 15.6. The fourth-order valence-corrected chi connectivity index (χ4v) is 2.70. The van der Waals surface area contributed by atoms with Gasteiger partial charge in [-0.05, 0) is 38.8 Å². The van der Waals surface area contributed by atoms with Crippen molar-refractivity contribution in [3.8, 4) is 0 Å². The normalized spacial score (nSPS) is 11.7. The number of aryl methyl sites for hydroxylation is 1. The van der Waals surface area contributed by atoms with E-state index >= 15 is 0 Å². The Morgan fingerprint density at radius 1 is 1.30 bits per heavy atom. The van der Waals surface area contributed by atoms with Crippen molar-refractivity contribution in [3.05, 3.63) is 29.0 Å². The summed E-state index contributed by atoms with van der Waals surface area (Å²) in [6.45, 7) is 5.75. The first-order chi connectivity index (χ1) is 9.63. The van der Waals surface area contributed by atoms with Crippen LogP contribution in [0.4, 0.5) is 0 Å². The van der Waals surface area contributed by atoms with Gasteiger partial charge in [0.1, 0.15) is 5.82 Å². The van der Waals surface area contributed by atoms with Crippen LogP contribution >= 0.6 is 23.2 Å². The molecule has 0 unspecified atom stereocenters. The van der Waals surface area contributed by atoms with Crippen LogP contribution < -0.4 is 0 Å². The molecule has 0 saturated carbocycles.